The van der Waals surface area contributed by atoms with Crippen LogP contribution < -0.4 is 11.1 Å². The van der Waals surface area contributed by atoms with Crippen LogP contribution in [0.3, 0.4) is 0 Å². The van der Waals surface area contributed by atoms with Crippen LogP contribution in [0.2, 0.25) is 0 Å². The van der Waals surface area contributed by atoms with Gasteiger partial charge in [-0.25, -0.2) is 0 Å². The molecule has 18 heavy (non-hydrogen) atoms. The SMILES string of the molecule is CCC1CCC(Nc2ccnc(C(N)=O)c2)CC1. The lowest BCUT2D eigenvalue weighted by atomic mass is 9.84. The molecule has 98 valence electrons. The maximum Gasteiger partial charge on any atom is 0.267 e. The Morgan fingerprint density at radius 2 is 2.17 bits per heavy atom. The van der Waals surface area contributed by atoms with E-state index in [0.717, 1.165) is 11.6 Å². The van der Waals surface area contributed by atoms with E-state index < -0.39 is 5.91 Å². The Balaban J connectivity index is 1.94. The molecule has 0 spiro atoms. The van der Waals surface area contributed by atoms with E-state index in [0.29, 0.717) is 11.7 Å². The van der Waals surface area contributed by atoms with E-state index in [-0.39, 0.29) is 0 Å². The van der Waals surface area contributed by atoms with Crippen LogP contribution in [0.1, 0.15) is 49.5 Å². The number of hydrogen-bond acceptors (Lipinski definition) is 3. The standard InChI is InChI=1S/C14H21N3O/c1-2-10-3-5-11(6-4-10)17-12-7-8-16-13(9-12)14(15)18/h7-11H,2-6H2,1H3,(H2,15,18)(H,16,17). The average Bonchev–Trinajstić information content (AvgIpc) is 2.40. The van der Waals surface area contributed by atoms with Crippen molar-refractivity contribution in [1.29, 1.82) is 0 Å². The number of amides is 1. The zero-order valence-electron chi connectivity index (χ0n) is 10.9. The van der Waals surface area contributed by atoms with Crippen molar-refractivity contribution in [2.24, 2.45) is 11.7 Å². The number of aromatic nitrogens is 1. The topological polar surface area (TPSA) is 68.0 Å². The molecule has 1 saturated carbocycles. The average molecular weight is 247 g/mol. The smallest absolute Gasteiger partial charge is 0.267 e. The maximum atomic E-state index is 11.1. The molecule has 4 heteroatoms. The summed E-state index contributed by atoms with van der Waals surface area (Å²) < 4.78 is 0. The molecule has 0 aliphatic heterocycles. The number of nitrogens with zero attached hydrogens (tertiary/aromatic N) is 1. The first-order valence-corrected chi connectivity index (χ1v) is 6.71. The molecule has 2 rings (SSSR count). The van der Waals surface area contributed by atoms with Gasteiger partial charge in [0, 0.05) is 17.9 Å². The summed E-state index contributed by atoms with van der Waals surface area (Å²) in [4.78, 5) is 15.0. The van der Waals surface area contributed by atoms with Crippen LogP contribution in [0.15, 0.2) is 18.3 Å². The molecule has 3 N–H and O–H groups in total. The van der Waals surface area contributed by atoms with E-state index in [1.54, 1.807) is 12.3 Å². The lowest BCUT2D eigenvalue weighted by Gasteiger charge is -2.29. The van der Waals surface area contributed by atoms with E-state index in [4.69, 9.17) is 5.73 Å². The fraction of sp³-hybridized carbons (Fsp3) is 0.571. The van der Waals surface area contributed by atoms with Gasteiger partial charge in [-0.3, -0.25) is 9.78 Å². The highest BCUT2D eigenvalue weighted by molar-refractivity contribution is 5.91. The molecule has 0 radical (unpaired) electrons. The lowest BCUT2D eigenvalue weighted by molar-refractivity contribution is 0.0995. The largest absolute Gasteiger partial charge is 0.382 e. The number of pyridine rings is 1. The van der Waals surface area contributed by atoms with Crippen molar-refractivity contribution in [2.45, 2.75) is 45.1 Å². The van der Waals surface area contributed by atoms with Crippen LogP contribution in [0.5, 0.6) is 0 Å². The van der Waals surface area contributed by atoms with E-state index in [9.17, 15) is 4.79 Å². The highest BCUT2D eigenvalue weighted by Crippen LogP contribution is 2.28. The van der Waals surface area contributed by atoms with Gasteiger partial charge >= 0.3 is 0 Å². The van der Waals surface area contributed by atoms with Crippen LogP contribution in [0.4, 0.5) is 5.69 Å². The van der Waals surface area contributed by atoms with Gasteiger partial charge in [0.25, 0.3) is 5.91 Å². The van der Waals surface area contributed by atoms with E-state index >= 15 is 0 Å². The van der Waals surface area contributed by atoms with Gasteiger partial charge in [-0.2, -0.15) is 0 Å². The van der Waals surface area contributed by atoms with Crippen LogP contribution in [-0.4, -0.2) is 16.9 Å². The molecule has 1 aliphatic rings. The summed E-state index contributed by atoms with van der Waals surface area (Å²) >= 11 is 0. The van der Waals surface area contributed by atoms with Gasteiger partial charge in [-0.05, 0) is 43.7 Å². The summed E-state index contributed by atoms with van der Waals surface area (Å²) in [5.74, 6) is 0.412. The minimum Gasteiger partial charge on any atom is -0.382 e. The number of primary amides is 1. The van der Waals surface area contributed by atoms with Crippen LogP contribution in [0, 0.1) is 5.92 Å². The molecule has 0 saturated heterocycles. The van der Waals surface area contributed by atoms with Gasteiger partial charge in [0.15, 0.2) is 0 Å². The van der Waals surface area contributed by atoms with Crippen molar-refractivity contribution in [3.8, 4) is 0 Å². The molecule has 1 aromatic heterocycles. The highest BCUT2D eigenvalue weighted by Gasteiger charge is 2.19. The summed E-state index contributed by atoms with van der Waals surface area (Å²) in [7, 11) is 0. The second-order valence-corrected chi connectivity index (χ2v) is 5.06. The Kier molecular flexibility index (Phi) is 4.18. The molecule has 1 aliphatic carbocycles. The van der Waals surface area contributed by atoms with Gasteiger partial charge in [-0.1, -0.05) is 13.3 Å². The maximum absolute atomic E-state index is 11.1. The number of rotatable bonds is 4. The minimum atomic E-state index is -0.478. The second kappa shape index (κ2) is 5.85. The Morgan fingerprint density at radius 3 is 2.78 bits per heavy atom. The van der Waals surface area contributed by atoms with Gasteiger partial charge in [-0.15, -0.1) is 0 Å². The number of carbonyl (C=O) groups excluding carboxylic acids is 1. The predicted molar refractivity (Wildman–Crippen MR) is 72.4 cm³/mol. The quantitative estimate of drug-likeness (QED) is 0.859. The first-order valence-electron chi connectivity index (χ1n) is 6.71. The number of carbonyl (C=O) groups is 1. The summed E-state index contributed by atoms with van der Waals surface area (Å²) in [6.45, 7) is 2.26. The molecular formula is C14H21N3O. The summed E-state index contributed by atoms with van der Waals surface area (Å²) in [5.41, 5.74) is 6.49. The number of nitrogens with two attached hydrogens (primary N) is 1. The fourth-order valence-corrected chi connectivity index (χ4v) is 2.61. The Labute approximate surface area is 108 Å². The van der Waals surface area contributed by atoms with Crippen molar-refractivity contribution in [3.63, 3.8) is 0 Å². The Bertz CT molecular complexity index is 411. The summed E-state index contributed by atoms with van der Waals surface area (Å²) in [6, 6.07) is 4.13. The first kappa shape index (κ1) is 12.9. The molecular weight excluding hydrogens is 226 g/mol. The molecule has 0 atom stereocenters. The van der Waals surface area contributed by atoms with Crippen molar-refractivity contribution < 1.29 is 4.79 Å². The predicted octanol–water partition coefficient (Wildman–Crippen LogP) is 2.56. The van der Waals surface area contributed by atoms with E-state index in [1.165, 1.54) is 32.1 Å². The van der Waals surface area contributed by atoms with Crippen LogP contribution in [0.25, 0.3) is 0 Å². The number of hydrogen-bond donors (Lipinski definition) is 2. The van der Waals surface area contributed by atoms with Gasteiger partial charge in [0.05, 0.1) is 0 Å². The molecule has 4 nitrogen and oxygen atoms in total. The third-order valence-electron chi connectivity index (χ3n) is 3.81. The summed E-state index contributed by atoms with van der Waals surface area (Å²) in [6.07, 6.45) is 7.90. The molecule has 0 unspecified atom stereocenters. The second-order valence-electron chi connectivity index (χ2n) is 5.06. The molecule has 1 heterocycles. The zero-order chi connectivity index (χ0) is 13.0. The first-order chi connectivity index (χ1) is 8.69. The molecule has 1 aromatic rings. The number of nitrogens with one attached hydrogen (secondary N) is 1. The number of anilines is 1. The van der Waals surface area contributed by atoms with Crippen molar-refractivity contribution >= 4 is 11.6 Å². The van der Waals surface area contributed by atoms with Crippen molar-refractivity contribution in [1.82, 2.24) is 4.98 Å². The van der Waals surface area contributed by atoms with Crippen molar-refractivity contribution in [3.05, 3.63) is 24.0 Å². The third kappa shape index (κ3) is 3.22. The third-order valence-corrected chi connectivity index (χ3v) is 3.81. The minimum absolute atomic E-state index is 0.322. The highest BCUT2D eigenvalue weighted by atomic mass is 16.1. The lowest BCUT2D eigenvalue weighted by Crippen LogP contribution is -2.26. The zero-order valence-corrected chi connectivity index (χ0v) is 10.9. The molecule has 1 amide bonds. The van der Waals surface area contributed by atoms with Gasteiger partial charge < -0.3 is 11.1 Å². The fourth-order valence-electron chi connectivity index (χ4n) is 2.61. The molecule has 1 fully saturated rings. The van der Waals surface area contributed by atoms with E-state index in [1.807, 2.05) is 6.07 Å². The van der Waals surface area contributed by atoms with Crippen molar-refractivity contribution in [2.75, 3.05) is 5.32 Å². The van der Waals surface area contributed by atoms with Gasteiger partial charge in [0.1, 0.15) is 5.69 Å². The summed E-state index contributed by atoms with van der Waals surface area (Å²) in [5, 5.41) is 3.47. The molecule has 0 bridgehead atoms. The Morgan fingerprint density at radius 1 is 1.44 bits per heavy atom. The Hall–Kier alpha value is -1.58. The van der Waals surface area contributed by atoms with Crippen LogP contribution >= 0.6 is 0 Å². The van der Waals surface area contributed by atoms with Gasteiger partial charge in [0.2, 0.25) is 0 Å². The van der Waals surface area contributed by atoms with E-state index in [2.05, 4.69) is 17.2 Å². The normalized spacial score (nSPS) is 23.6. The van der Waals surface area contributed by atoms with Crippen LogP contribution in [-0.2, 0) is 0 Å². The molecule has 0 aromatic carbocycles. The monoisotopic (exact) mass is 247 g/mol.